The Hall–Kier alpha value is -3.39. The summed E-state index contributed by atoms with van der Waals surface area (Å²) in [6.07, 6.45) is 1.37. The van der Waals surface area contributed by atoms with Crippen LogP contribution < -0.4 is 14.4 Å². The van der Waals surface area contributed by atoms with E-state index in [0.717, 1.165) is 35.5 Å². The molecule has 32 heavy (non-hydrogen) atoms. The average Bonchev–Trinajstić information content (AvgIpc) is 3.48. The molecule has 1 aromatic heterocycles. The van der Waals surface area contributed by atoms with Crippen LogP contribution in [0, 0.1) is 0 Å². The maximum Gasteiger partial charge on any atom is 0.226 e. The van der Waals surface area contributed by atoms with Crippen LogP contribution in [0.15, 0.2) is 46.8 Å². The average molecular weight is 452 g/mol. The zero-order chi connectivity index (χ0) is 22.7. The Bertz CT molecular complexity index is 1150. The van der Waals surface area contributed by atoms with Crippen LogP contribution in [0.2, 0.25) is 0 Å². The van der Waals surface area contributed by atoms with Crippen LogP contribution in [0.1, 0.15) is 24.5 Å². The van der Waals surface area contributed by atoms with E-state index in [9.17, 15) is 4.79 Å². The van der Waals surface area contributed by atoms with Crippen molar-refractivity contribution >= 4 is 34.0 Å². The van der Waals surface area contributed by atoms with Gasteiger partial charge in [-0.15, -0.1) is 11.3 Å². The van der Waals surface area contributed by atoms with Gasteiger partial charge in [0.2, 0.25) is 16.9 Å². The number of benzene rings is 2. The molecule has 8 heteroatoms. The largest absolute Gasteiger partial charge is 0.497 e. The zero-order valence-electron chi connectivity index (χ0n) is 18.5. The summed E-state index contributed by atoms with van der Waals surface area (Å²) in [4.78, 5) is 23.3. The summed E-state index contributed by atoms with van der Waals surface area (Å²) < 4.78 is 16.2. The highest BCUT2D eigenvalue weighted by Crippen LogP contribution is 2.34. The van der Waals surface area contributed by atoms with Gasteiger partial charge in [-0.3, -0.25) is 4.79 Å². The maximum absolute atomic E-state index is 12.1. The Labute approximate surface area is 191 Å². The molecule has 2 aromatic carbocycles. The van der Waals surface area contributed by atoms with Crippen LogP contribution in [0.3, 0.4) is 0 Å². The molecule has 0 unspecified atom stereocenters. The summed E-state index contributed by atoms with van der Waals surface area (Å²) in [6.45, 7) is 2.63. The lowest BCUT2D eigenvalue weighted by atomic mass is 10.1. The fourth-order valence-electron chi connectivity index (χ4n) is 3.71. The highest BCUT2D eigenvalue weighted by atomic mass is 32.1. The molecule has 0 aliphatic carbocycles. The Morgan fingerprint density at radius 1 is 1.12 bits per heavy atom. The first kappa shape index (κ1) is 21.8. The molecule has 0 saturated carbocycles. The highest BCUT2D eigenvalue weighted by molar-refractivity contribution is 7.13. The number of methoxy groups -OCH3 is 3. The van der Waals surface area contributed by atoms with E-state index in [2.05, 4.69) is 16.0 Å². The van der Waals surface area contributed by atoms with Crippen molar-refractivity contribution in [1.29, 1.82) is 0 Å². The van der Waals surface area contributed by atoms with Crippen molar-refractivity contribution in [2.75, 3.05) is 32.8 Å². The number of rotatable bonds is 6. The Morgan fingerprint density at radius 3 is 2.53 bits per heavy atom. The van der Waals surface area contributed by atoms with Crippen LogP contribution in [-0.2, 0) is 16.0 Å². The number of nitrogens with zero attached hydrogens (tertiary/aromatic N) is 3. The number of hydrogen-bond acceptors (Lipinski definition) is 7. The predicted molar refractivity (Wildman–Crippen MR) is 127 cm³/mol. The number of fused-ring (bicyclic) bond motifs is 1. The molecule has 0 atom stereocenters. The fourth-order valence-corrected chi connectivity index (χ4v) is 4.40. The number of carbonyl (C=O) groups is 1. The molecule has 166 valence electrons. The molecule has 7 nitrogen and oxygen atoms in total. The molecule has 0 fully saturated rings. The number of aliphatic imine (C=N–C) groups is 1. The van der Waals surface area contributed by atoms with Gasteiger partial charge >= 0.3 is 0 Å². The predicted octanol–water partition coefficient (Wildman–Crippen LogP) is 4.85. The number of anilines is 1. The summed E-state index contributed by atoms with van der Waals surface area (Å²) in [5.41, 5.74) is 4.76. The second-order valence-corrected chi connectivity index (χ2v) is 8.07. The van der Waals surface area contributed by atoms with E-state index in [1.165, 1.54) is 16.9 Å². The number of aromatic nitrogens is 1. The number of thiazole rings is 1. The van der Waals surface area contributed by atoms with E-state index in [4.69, 9.17) is 14.2 Å². The van der Waals surface area contributed by atoms with Crippen LogP contribution >= 0.6 is 11.3 Å². The number of hydrogen-bond donors (Lipinski definition) is 0. The first-order valence-corrected chi connectivity index (χ1v) is 11.2. The van der Waals surface area contributed by atoms with Crippen molar-refractivity contribution in [3.63, 3.8) is 0 Å². The standard InChI is InChI=1S/C24H25N3O4S/c1-5-22(28)27-9-8-16-10-15(6-7-21(16)27)20-14-32-24(25-20)26-23(31-4)17-11-18(29-2)13-19(12-17)30-3/h6-7,10-14H,5,8-9H2,1-4H3/b26-23+. The smallest absolute Gasteiger partial charge is 0.226 e. The number of amides is 1. The molecule has 0 spiro atoms. The molecule has 0 N–H and O–H groups in total. The van der Waals surface area contributed by atoms with Gasteiger partial charge in [0.25, 0.3) is 0 Å². The summed E-state index contributed by atoms with van der Waals surface area (Å²) in [6, 6.07) is 11.6. The van der Waals surface area contributed by atoms with Gasteiger partial charge in [-0.2, -0.15) is 4.99 Å². The van der Waals surface area contributed by atoms with Gasteiger partial charge in [-0.1, -0.05) is 13.0 Å². The van der Waals surface area contributed by atoms with E-state index >= 15 is 0 Å². The van der Waals surface area contributed by atoms with E-state index in [1.54, 1.807) is 27.4 Å². The molecular formula is C24H25N3O4S. The quantitative estimate of drug-likeness (QED) is 0.396. The van der Waals surface area contributed by atoms with Crippen molar-refractivity contribution in [2.24, 2.45) is 4.99 Å². The van der Waals surface area contributed by atoms with Crippen LogP contribution in [0.5, 0.6) is 11.5 Å². The van der Waals surface area contributed by atoms with Crippen molar-refractivity contribution in [3.8, 4) is 22.8 Å². The SMILES string of the molecule is CCC(=O)N1CCc2cc(-c3csc(/N=C(/OC)c4cc(OC)cc(OC)c4)n3)ccc21. The minimum absolute atomic E-state index is 0.156. The Kier molecular flexibility index (Phi) is 6.41. The van der Waals surface area contributed by atoms with E-state index in [-0.39, 0.29) is 5.91 Å². The highest BCUT2D eigenvalue weighted by Gasteiger charge is 2.24. The first-order valence-electron chi connectivity index (χ1n) is 10.3. The molecule has 3 aromatic rings. The van der Waals surface area contributed by atoms with Crippen LogP contribution in [0.25, 0.3) is 11.3 Å². The molecule has 2 heterocycles. The monoisotopic (exact) mass is 451 g/mol. The summed E-state index contributed by atoms with van der Waals surface area (Å²) in [7, 11) is 4.77. The second kappa shape index (κ2) is 9.40. The summed E-state index contributed by atoms with van der Waals surface area (Å²) in [5, 5.41) is 2.56. The van der Waals surface area contributed by atoms with E-state index in [1.807, 2.05) is 41.5 Å². The Morgan fingerprint density at radius 2 is 1.88 bits per heavy atom. The van der Waals surface area contributed by atoms with E-state index < -0.39 is 0 Å². The fraction of sp³-hybridized carbons (Fsp3) is 0.292. The molecular weight excluding hydrogens is 426 g/mol. The van der Waals surface area contributed by atoms with Gasteiger partial charge in [-0.25, -0.2) is 4.98 Å². The third-order valence-corrected chi connectivity index (χ3v) is 6.09. The third-order valence-electron chi connectivity index (χ3n) is 5.36. The van der Waals surface area contributed by atoms with E-state index in [0.29, 0.717) is 28.9 Å². The van der Waals surface area contributed by atoms with Gasteiger partial charge in [0.15, 0.2) is 0 Å². The maximum atomic E-state index is 12.1. The minimum atomic E-state index is 0.156. The van der Waals surface area contributed by atoms with Crippen LogP contribution in [0.4, 0.5) is 10.8 Å². The summed E-state index contributed by atoms with van der Waals surface area (Å²) in [5.74, 6) is 1.88. The van der Waals surface area contributed by atoms with Crippen molar-refractivity contribution < 1.29 is 19.0 Å². The van der Waals surface area contributed by atoms with Crippen LogP contribution in [-0.4, -0.2) is 44.7 Å². The van der Waals surface area contributed by atoms with Crippen molar-refractivity contribution in [3.05, 3.63) is 52.9 Å². The topological polar surface area (TPSA) is 73.3 Å². The lowest BCUT2D eigenvalue weighted by molar-refractivity contribution is -0.118. The summed E-state index contributed by atoms with van der Waals surface area (Å²) >= 11 is 1.44. The second-order valence-electron chi connectivity index (χ2n) is 7.23. The van der Waals surface area contributed by atoms with Gasteiger partial charge in [0.05, 0.1) is 27.0 Å². The van der Waals surface area contributed by atoms with Crippen molar-refractivity contribution in [1.82, 2.24) is 4.98 Å². The molecule has 1 aliphatic heterocycles. The zero-order valence-corrected chi connectivity index (χ0v) is 19.4. The van der Waals surface area contributed by atoms with Gasteiger partial charge in [-0.05, 0) is 36.2 Å². The number of ether oxygens (including phenoxy) is 3. The number of carbonyl (C=O) groups excluding carboxylic acids is 1. The Balaban J connectivity index is 1.61. The lowest BCUT2D eigenvalue weighted by Crippen LogP contribution is -2.27. The van der Waals surface area contributed by atoms with Crippen molar-refractivity contribution in [2.45, 2.75) is 19.8 Å². The molecule has 1 aliphatic rings. The third kappa shape index (κ3) is 4.31. The molecule has 0 radical (unpaired) electrons. The van der Waals surface area contributed by atoms with Gasteiger partial charge < -0.3 is 19.1 Å². The lowest BCUT2D eigenvalue weighted by Gasteiger charge is -2.16. The van der Waals surface area contributed by atoms with Gasteiger partial charge in [0, 0.05) is 41.2 Å². The molecule has 0 bridgehead atoms. The first-order chi connectivity index (χ1) is 15.6. The normalized spacial score (nSPS) is 13.1. The molecule has 4 rings (SSSR count). The minimum Gasteiger partial charge on any atom is -0.497 e. The van der Waals surface area contributed by atoms with Gasteiger partial charge in [0.1, 0.15) is 11.5 Å². The molecule has 1 amide bonds. The molecule has 0 saturated heterocycles.